The molecule has 0 aromatic rings. The second-order valence-electron chi connectivity index (χ2n) is 2.54. The summed E-state index contributed by atoms with van der Waals surface area (Å²) in [6.45, 7) is 5.00. The van der Waals surface area contributed by atoms with Gasteiger partial charge in [-0.1, -0.05) is 28.1 Å². The summed E-state index contributed by atoms with van der Waals surface area (Å²) in [7, 11) is 0. The third-order valence-corrected chi connectivity index (χ3v) is 2.10. The first-order chi connectivity index (χ1) is 5.43. The van der Waals surface area contributed by atoms with Gasteiger partial charge in [-0.05, 0) is 0 Å². The molecule has 0 unspecified atom stereocenters. The van der Waals surface area contributed by atoms with E-state index in [-0.39, 0.29) is 0 Å². The van der Waals surface area contributed by atoms with Gasteiger partial charge in [-0.25, -0.2) is 0 Å². The Morgan fingerprint density at radius 3 is 2.64 bits per heavy atom. The van der Waals surface area contributed by atoms with Crippen LogP contribution in [0.3, 0.4) is 0 Å². The molecule has 1 fully saturated rings. The van der Waals surface area contributed by atoms with Crippen LogP contribution in [0.4, 0.5) is 0 Å². The molecule has 1 saturated heterocycles. The predicted molar refractivity (Wildman–Crippen MR) is 50.2 cm³/mol. The highest BCUT2D eigenvalue weighted by Gasteiger charge is 2.06. The summed E-state index contributed by atoms with van der Waals surface area (Å²) in [6, 6.07) is 0. The molecule has 3 heteroatoms. The average Bonchev–Trinajstić information content (AvgIpc) is 2.07. The topological polar surface area (TPSA) is 12.5 Å². The number of morpholine rings is 1. The molecule has 0 spiro atoms. The Morgan fingerprint density at radius 1 is 1.27 bits per heavy atom. The largest absolute Gasteiger partial charge is 0.379 e. The van der Waals surface area contributed by atoms with Crippen LogP contribution >= 0.6 is 15.9 Å². The molecule has 1 aliphatic heterocycles. The lowest BCUT2D eigenvalue weighted by Crippen LogP contribution is -2.36. The van der Waals surface area contributed by atoms with Crippen molar-refractivity contribution in [1.29, 1.82) is 0 Å². The van der Waals surface area contributed by atoms with Crippen molar-refractivity contribution in [2.45, 2.75) is 0 Å². The lowest BCUT2D eigenvalue weighted by atomic mass is 10.4. The maximum absolute atomic E-state index is 5.23. The van der Waals surface area contributed by atoms with E-state index in [1.807, 2.05) is 0 Å². The van der Waals surface area contributed by atoms with Gasteiger partial charge in [0.2, 0.25) is 0 Å². The normalized spacial score (nSPS) is 21.2. The maximum Gasteiger partial charge on any atom is 0.0594 e. The van der Waals surface area contributed by atoms with Crippen LogP contribution in [-0.4, -0.2) is 43.1 Å². The van der Waals surface area contributed by atoms with Crippen molar-refractivity contribution < 1.29 is 4.74 Å². The van der Waals surface area contributed by atoms with E-state index >= 15 is 0 Å². The van der Waals surface area contributed by atoms with E-state index in [0.717, 1.165) is 38.2 Å². The molecule has 0 atom stereocenters. The predicted octanol–water partition coefficient (Wildman–Crippen LogP) is 1.27. The van der Waals surface area contributed by atoms with Crippen molar-refractivity contribution >= 4 is 15.9 Å². The molecule has 0 N–H and O–H groups in total. The van der Waals surface area contributed by atoms with Gasteiger partial charge in [0.05, 0.1) is 13.2 Å². The lowest BCUT2D eigenvalue weighted by molar-refractivity contribution is 0.0434. The number of rotatable bonds is 3. The van der Waals surface area contributed by atoms with E-state index in [1.54, 1.807) is 0 Å². The summed E-state index contributed by atoms with van der Waals surface area (Å²) >= 11 is 3.34. The zero-order chi connectivity index (χ0) is 7.94. The van der Waals surface area contributed by atoms with Gasteiger partial charge in [-0.15, -0.1) is 0 Å². The first kappa shape index (κ1) is 9.23. The lowest BCUT2D eigenvalue weighted by Gasteiger charge is -2.24. The van der Waals surface area contributed by atoms with E-state index in [9.17, 15) is 0 Å². The van der Waals surface area contributed by atoms with E-state index in [1.165, 1.54) is 0 Å². The van der Waals surface area contributed by atoms with Crippen molar-refractivity contribution in [1.82, 2.24) is 4.90 Å². The monoisotopic (exact) mass is 219 g/mol. The molecule has 0 aromatic carbocycles. The highest BCUT2D eigenvalue weighted by atomic mass is 79.9. The minimum absolute atomic E-state index is 0.891. The Labute approximate surface area is 76.3 Å². The van der Waals surface area contributed by atoms with Gasteiger partial charge in [0.1, 0.15) is 0 Å². The Morgan fingerprint density at radius 2 is 2.00 bits per heavy atom. The Kier molecular flexibility index (Phi) is 4.82. The standard InChI is InChI=1S/C8H14BrNO/c9-3-1-2-4-10-5-7-11-8-6-10/h1-2H,3-8H2/b2-1+. The van der Waals surface area contributed by atoms with E-state index < -0.39 is 0 Å². The fraction of sp³-hybridized carbons (Fsp3) is 0.750. The fourth-order valence-electron chi connectivity index (χ4n) is 1.07. The number of hydrogen-bond donors (Lipinski definition) is 0. The van der Waals surface area contributed by atoms with Gasteiger partial charge >= 0.3 is 0 Å². The maximum atomic E-state index is 5.23. The van der Waals surface area contributed by atoms with Crippen LogP contribution < -0.4 is 0 Å². The summed E-state index contributed by atoms with van der Waals surface area (Å²) in [5.74, 6) is 0. The number of halogens is 1. The molecule has 0 saturated carbocycles. The zero-order valence-electron chi connectivity index (χ0n) is 6.63. The van der Waals surface area contributed by atoms with Crippen molar-refractivity contribution in [2.75, 3.05) is 38.2 Å². The van der Waals surface area contributed by atoms with Crippen LogP contribution in [0.25, 0.3) is 0 Å². The van der Waals surface area contributed by atoms with Gasteiger partial charge in [0.15, 0.2) is 0 Å². The smallest absolute Gasteiger partial charge is 0.0594 e. The third-order valence-electron chi connectivity index (χ3n) is 1.72. The fourth-order valence-corrected chi connectivity index (χ4v) is 1.33. The molecule has 1 rings (SSSR count). The molecule has 11 heavy (non-hydrogen) atoms. The number of nitrogens with zero attached hydrogens (tertiary/aromatic N) is 1. The Bertz CT molecular complexity index is 121. The van der Waals surface area contributed by atoms with Gasteiger partial charge in [0, 0.05) is 25.0 Å². The van der Waals surface area contributed by atoms with Crippen LogP contribution in [-0.2, 0) is 4.74 Å². The molecule has 0 amide bonds. The van der Waals surface area contributed by atoms with Gasteiger partial charge in [-0.2, -0.15) is 0 Å². The molecular weight excluding hydrogens is 206 g/mol. The van der Waals surface area contributed by atoms with E-state index in [4.69, 9.17) is 4.74 Å². The molecule has 1 aliphatic rings. The van der Waals surface area contributed by atoms with Gasteiger partial charge in [0.25, 0.3) is 0 Å². The minimum Gasteiger partial charge on any atom is -0.379 e. The van der Waals surface area contributed by atoms with Gasteiger partial charge < -0.3 is 4.74 Å². The molecule has 0 radical (unpaired) electrons. The van der Waals surface area contributed by atoms with Crippen LogP contribution in [0, 0.1) is 0 Å². The Balaban J connectivity index is 2.09. The number of allylic oxidation sites excluding steroid dienone is 1. The third kappa shape index (κ3) is 3.89. The van der Waals surface area contributed by atoms with Crippen molar-refractivity contribution in [3.05, 3.63) is 12.2 Å². The summed E-state index contributed by atoms with van der Waals surface area (Å²) in [4.78, 5) is 2.39. The molecule has 0 aromatic heterocycles. The van der Waals surface area contributed by atoms with E-state index in [2.05, 4.69) is 33.0 Å². The van der Waals surface area contributed by atoms with Crippen LogP contribution in [0.5, 0.6) is 0 Å². The average molecular weight is 220 g/mol. The highest BCUT2D eigenvalue weighted by molar-refractivity contribution is 9.09. The second kappa shape index (κ2) is 5.75. The summed E-state index contributed by atoms with van der Waals surface area (Å²) in [6.07, 6.45) is 4.33. The molecule has 64 valence electrons. The summed E-state index contributed by atoms with van der Waals surface area (Å²) in [5.41, 5.74) is 0. The molecule has 1 heterocycles. The van der Waals surface area contributed by atoms with Crippen LogP contribution in [0.1, 0.15) is 0 Å². The number of ether oxygens (including phenoxy) is 1. The van der Waals surface area contributed by atoms with Gasteiger partial charge in [-0.3, -0.25) is 4.90 Å². The first-order valence-corrected chi connectivity index (χ1v) is 5.06. The zero-order valence-corrected chi connectivity index (χ0v) is 8.22. The molecule has 0 bridgehead atoms. The summed E-state index contributed by atoms with van der Waals surface area (Å²) in [5, 5.41) is 0.956. The van der Waals surface area contributed by atoms with Crippen molar-refractivity contribution in [3.63, 3.8) is 0 Å². The van der Waals surface area contributed by atoms with Crippen molar-refractivity contribution in [2.24, 2.45) is 0 Å². The highest BCUT2D eigenvalue weighted by Crippen LogP contribution is 1.96. The second-order valence-corrected chi connectivity index (χ2v) is 3.19. The molecule has 2 nitrogen and oxygen atoms in total. The Hall–Kier alpha value is 0.140. The van der Waals surface area contributed by atoms with Crippen molar-refractivity contribution in [3.8, 4) is 0 Å². The minimum atomic E-state index is 0.891. The quantitative estimate of drug-likeness (QED) is 0.524. The summed E-state index contributed by atoms with van der Waals surface area (Å²) < 4.78 is 5.23. The molecule has 0 aliphatic carbocycles. The SMILES string of the molecule is BrC/C=C/CN1CCOCC1. The number of alkyl halides is 1. The first-order valence-electron chi connectivity index (χ1n) is 3.94. The molecular formula is C8H14BrNO. The van der Waals surface area contributed by atoms with Crippen LogP contribution in [0.2, 0.25) is 0 Å². The van der Waals surface area contributed by atoms with Crippen LogP contribution in [0.15, 0.2) is 12.2 Å². The number of hydrogen-bond acceptors (Lipinski definition) is 2. The van der Waals surface area contributed by atoms with E-state index in [0.29, 0.717) is 0 Å².